The molecule has 1 aromatic carbocycles. The maximum absolute atomic E-state index is 12.4. The van der Waals surface area contributed by atoms with Gasteiger partial charge in [0.2, 0.25) is 0 Å². The van der Waals surface area contributed by atoms with Crippen LogP contribution in [0.3, 0.4) is 0 Å². The van der Waals surface area contributed by atoms with E-state index >= 15 is 0 Å². The minimum absolute atomic E-state index is 0.0252. The van der Waals surface area contributed by atoms with Gasteiger partial charge in [0.05, 0.1) is 10.6 Å². The van der Waals surface area contributed by atoms with Crippen molar-refractivity contribution in [1.29, 1.82) is 0 Å². The number of halogens is 4. The highest BCUT2D eigenvalue weighted by Gasteiger charge is 2.38. The van der Waals surface area contributed by atoms with Crippen LogP contribution in [-0.4, -0.2) is 23.3 Å². The minimum Gasteiger partial charge on any atom is -0.480 e. The fraction of sp³-hybridized carbons (Fsp3) is 0.300. The molecule has 0 bridgehead atoms. The third-order valence-corrected chi connectivity index (χ3v) is 2.42. The van der Waals surface area contributed by atoms with Gasteiger partial charge in [-0.25, -0.2) is 0 Å². The maximum atomic E-state index is 12.4. The van der Waals surface area contributed by atoms with Gasteiger partial charge >= 0.3 is 6.18 Å². The highest BCUT2D eigenvalue weighted by atomic mass is 35.5. The molecule has 1 atom stereocenters. The van der Waals surface area contributed by atoms with Crippen LogP contribution in [0.25, 0.3) is 0 Å². The Morgan fingerprint density at radius 3 is 2.61 bits per heavy atom. The van der Waals surface area contributed by atoms with Crippen molar-refractivity contribution in [3.8, 4) is 5.75 Å². The summed E-state index contributed by atoms with van der Waals surface area (Å²) in [5.74, 6) is -0.632. The number of benzene rings is 1. The first-order chi connectivity index (χ1) is 8.27. The van der Waals surface area contributed by atoms with Crippen LogP contribution in [0.4, 0.5) is 13.2 Å². The standard InChI is InChI=1S/C10H10ClF3N2O2/c1-5(10(12,13)14)18-7-4-2-3-6(11)8(7)9(15)16-17/h2-5,17H,1H3,(H2,15,16). The van der Waals surface area contributed by atoms with Gasteiger partial charge in [-0.3, -0.25) is 0 Å². The Bertz CT molecular complexity index is 463. The number of hydrogen-bond acceptors (Lipinski definition) is 3. The molecule has 0 spiro atoms. The van der Waals surface area contributed by atoms with E-state index in [1.165, 1.54) is 18.2 Å². The van der Waals surface area contributed by atoms with Gasteiger partial charge in [-0.1, -0.05) is 22.8 Å². The fourth-order valence-electron chi connectivity index (χ4n) is 1.16. The van der Waals surface area contributed by atoms with Gasteiger partial charge in [-0.05, 0) is 19.1 Å². The van der Waals surface area contributed by atoms with Gasteiger partial charge in [0, 0.05) is 0 Å². The van der Waals surface area contributed by atoms with E-state index in [2.05, 4.69) is 5.16 Å². The van der Waals surface area contributed by atoms with Crippen LogP contribution in [-0.2, 0) is 0 Å². The van der Waals surface area contributed by atoms with E-state index in [1.54, 1.807) is 0 Å². The zero-order chi connectivity index (χ0) is 13.9. The molecule has 0 heterocycles. The summed E-state index contributed by atoms with van der Waals surface area (Å²) < 4.78 is 41.9. The van der Waals surface area contributed by atoms with Gasteiger partial charge in [-0.15, -0.1) is 0 Å². The Morgan fingerprint density at radius 1 is 1.50 bits per heavy atom. The summed E-state index contributed by atoms with van der Waals surface area (Å²) in [6.07, 6.45) is -6.56. The van der Waals surface area contributed by atoms with Crippen molar-refractivity contribution in [1.82, 2.24) is 0 Å². The van der Waals surface area contributed by atoms with E-state index in [0.717, 1.165) is 6.92 Å². The van der Waals surface area contributed by atoms with E-state index in [1.807, 2.05) is 0 Å². The Labute approximate surface area is 106 Å². The van der Waals surface area contributed by atoms with Gasteiger partial charge in [-0.2, -0.15) is 13.2 Å². The number of amidine groups is 1. The van der Waals surface area contributed by atoms with E-state index in [-0.39, 0.29) is 16.3 Å². The number of hydrogen-bond donors (Lipinski definition) is 2. The second-order valence-corrected chi connectivity index (χ2v) is 3.81. The molecule has 0 aliphatic carbocycles. The van der Waals surface area contributed by atoms with E-state index < -0.39 is 18.1 Å². The van der Waals surface area contributed by atoms with Gasteiger partial charge in [0.1, 0.15) is 5.75 Å². The lowest BCUT2D eigenvalue weighted by Gasteiger charge is -2.19. The highest BCUT2D eigenvalue weighted by Crippen LogP contribution is 2.30. The molecule has 0 fully saturated rings. The van der Waals surface area contributed by atoms with Crippen molar-refractivity contribution in [3.05, 3.63) is 28.8 Å². The summed E-state index contributed by atoms with van der Waals surface area (Å²) in [5.41, 5.74) is 5.25. The molecule has 0 aliphatic rings. The predicted octanol–water partition coefficient (Wildman–Crippen LogP) is 2.76. The molecule has 1 aromatic rings. The van der Waals surface area contributed by atoms with Crippen molar-refractivity contribution in [2.45, 2.75) is 19.2 Å². The Morgan fingerprint density at radius 2 is 2.11 bits per heavy atom. The average molecular weight is 283 g/mol. The molecule has 18 heavy (non-hydrogen) atoms. The molecular formula is C10H10ClF3N2O2. The van der Waals surface area contributed by atoms with Crippen molar-refractivity contribution >= 4 is 17.4 Å². The predicted molar refractivity (Wildman–Crippen MR) is 60.1 cm³/mol. The van der Waals surface area contributed by atoms with Crippen molar-refractivity contribution in [3.63, 3.8) is 0 Å². The quantitative estimate of drug-likeness (QED) is 0.388. The smallest absolute Gasteiger partial charge is 0.425 e. The monoisotopic (exact) mass is 282 g/mol. The summed E-state index contributed by atoms with van der Waals surface area (Å²) >= 11 is 5.77. The van der Waals surface area contributed by atoms with E-state index in [0.29, 0.717) is 0 Å². The molecule has 0 aromatic heterocycles. The summed E-state index contributed by atoms with van der Waals surface area (Å²) in [5, 5.41) is 11.3. The first-order valence-electron chi connectivity index (χ1n) is 4.77. The van der Waals surface area contributed by atoms with Gasteiger partial charge in [0.25, 0.3) is 0 Å². The molecular weight excluding hydrogens is 273 g/mol. The van der Waals surface area contributed by atoms with Gasteiger partial charge in [0.15, 0.2) is 11.9 Å². The number of ether oxygens (including phenoxy) is 1. The Hall–Kier alpha value is -1.63. The van der Waals surface area contributed by atoms with Gasteiger partial charge < -0.3 is 15.7 Å². The molecule has 4 nitrogen and oxygen atoms in total. The van der Waals surface area contributed by atoms with Crippen molar-refractivity contribution in [2.24, 2.45) is 10.9 Å². The molecule has 3 N–H and O–H groups in total. The van der Waals surface area contributed by atoms with Crippen LogP contribution in [0, 0.1) is 0 Å². The second-order valence-electron chi connectivity index (χ2n) is 3.40. The molecule has 0 radical (unpaired) electrons. The van der Waals surface area contributed by atoms with Crippen LogP contribution in [0.15, 0.2) is 23.4 Å². The van der Waals surface area contributed by atoms with E-state index in [4.69, 9.17) is 27.3 Å². The maximum Gasteiger partial charge on any atom is 0.425 e. The normalized spacial score (nSPS) is 14.4. The number of nitrogens with zero attached hydrogens (tertiary/aromatic N) is 1. The number of alkyl halides is 3. The average Bonchev–Trinajstić information content (AvgIpc) is 2.27. The fourth-order valence-corrected chi connectivity index (χ4v) is 1.42. The third kappa shape index (κ3) is 3.19. The first-order valence-corrected chi connectivity index (χ1v) is 5.15. The summed E-state index contributed by atoms with van der Waals surface area (Å²) in [4.78, 5) is 0. The SMILES string of the molecule is CC(Oc1cccc(Cl)c1C(N)=NO)C(F)(F)F. The lowest BCUT2D eigenvalue weighted by Crippen LogP contribution is -2.32. The molecule has 100 valence electrons. The molecule has 0 amide bonds. The molecule has 8 heteroatoms. The van der Waals surface area contributed by atoms with Crippen molar-refractivity contribution < 1.29 is 23.1 Å². The molecule has 0 aliphatic heterocycles. The van der Waals surface area contributed by atoms with Crippen LogP contribution in [0.1, 0.15) is 12.5 Å². The Balaban J connectivity index is 3.14. The van der Waals surface area contributed by atoms with Crippen LogP contribution in [0.5, 0.6) is 5.75 Å². The van der Waals surface area contributed by atoms with Crippen LogP contribution >= 0.6 is 11.6 Å². The zero-order valence-corrected chi connectivity index (χ0v) is 9.96. The summed E-state index contributed by atoms with van der Waals surface area (Å²) in [6.45, 7) is 0.844. The number of rotatable bonds is 3. The number of nitrogens with two attached hydrogens (primary N) is 1. The topological polar surface area (TPSA) is 67.8 Å². The highest BCUT2D eigenvalue weighted by molar-refractivity contribution is 6.34. The largest absolute Gasteiger partial charge is 0.480 e. The summed E-state index contributed by atoms with van der Waals surface area (Å²) in [7, 11) is 0. The molecule has 0 saturated heterocycles. The van der Waals surface area contributed by atoms with Crippen molar-refractivity contribution in [2.75, 3.05) is 0 Å². The summed E-state index contributed by atoms with van der Waals surface area (Å²) in [6, 6.07) is 4.04. The zero-order valence-electron chi connectivity index (χ0n) is 9.20. The second kappa shape index (κ2) is 5.34. The number of oxime groups is 1. The lowest BCUT2D eigenvalue weighted by atomic mass is 10.2. The minimum atomic E-state index is -4.52. The first kappa shape index (κ1) is 14.4. The van der Waals surface area contributed by atoms with E-state index in [9.17, 15) is 13.2 Å². The lowest BCUT2D eigenvalue weighted by molar-refractivity contribution is -0.189. The molecule has 1 rings (SSSR count). The Kier molecular flexibility index (Phi) is 4.28. The molecule has 0 saturated carbocycles. The van der Waals surface area contributed by atoms with Crippen LogP contribution < -0.4 is 10.5 Å². The molecule has 1 unspecified atom stereocenters. The third-order valence-electron chi connectivity index (χ3n) is 2.10. The van der Waals surface area contributed by atoms with Crippen LogP contribution in [0.2, 0.25) is 5.02 Å².